The maximum atomic E-state index is 13.6. The van der Waals surface area contributed by atoms with E-state index < -0.39 is 29.1 Å². The highest BCUT2D eigenvalue weighted by molar-refractivity contribution is 5.95. The summed E-state index contributed by atoms with van der Waals surface area (Å²) in [5.74, 6) is -0.206. The summed E-state index contributed by atoms with van der Waals surface area (Å²) < 4.78 is 4.75. The SMILES string of the molecule is COC(=O)NC1Cc2ccccc2N(C(=O)CC(C)(C)C[C@H](N)[C@@H](O)CNC(=O)C(C)(C)[C@H]2CCC[C@@H](NC(C)=O)C2)C1.Cl. The Balaban J connectivity index is 0.00000675. The number of aliphatic hydroxyl groups is 1. The van der Waals surface area contributed by atoms with Gasteiger partial charge >= 0.3 is 6.09 Å². The third kappa shape index (κ3) is 10.1. The van der Waals surface area contributed by atoms with Crippen LogP contribution in [0, 0.1) is 16.7 Å². The van der Waals surface area contributed by atoms with Crippen LogP contribution in [0.2, 0.25) is 0 Å². The van der Waals surface area contributed by atoms with E-state index in [2.05, 4.69) is 16.0 Å². The Bertz CT molecular complexity index is 1160. The second kappa shape index (κ2) is 15.9. The number of methoxy groups -OCH3 is 1. The number of anilines is 1. The van der Waals surface area contributed by atoms with E-state index in [0.717, 1.165) is 36.9 Å². The van der Waals surface area contributed by atoms with Crippen molar-refractivity contribution in [2.75, 3.05) is 25.1 Å². The Morgan fingerprint density at radius 3 is 2.43 bits per heavy atom. The van der Waals surface area contributed by atoms with Crippen molar-refractivity contribution in [3.8, 4) is 0 Å². The van der Waals surface area contributed by atoms with Gasteiger partial charge in [-0.3, -0.25) is 14.4 Å². The topological polar surface area (TPSA) is 163 Å². The van der Waals surface area contributed by atoms with Crippen LogP contribution < -0.4 is 26.6 Å². The van der Waals surface area contributed by atoms with E-state index in [4.69, 9.17) is 10.5 Å². The fourth-order valence-corrected chi connectivity index (χ4v) is 6.53. The largest absolute Gasteiger partial charge is 0.453 e. The fraction of sp³-hybridized carbons (Fsp3) is 0.688. The molecule has 1 aromatic carbocycles. The van der Waals surface area contributed by atoms with Crippen LogP contribution in [0.4, 0.5) is 10.5 Å². The first-order valence-electron chi connectivity index (χ1n) is 15.3. The molecule has 1 aliphatic heterocycles. The Morgan fingerprint density at radius 2 is 1.77 bits per heavy atom. The van der Waals surface area contributed by atoms with E-state index in [9.17, 15) is 24.3 Å². The van der Waals surface area contributed by atoms with E-state index >= 15 is 0 Å². The molecule has 4 amide bonds. The number of nitrogens with zero attached hydrogens (tertiary/aromatic N) is 1. The van der Waals surface area contributed by atoms with Crippen LogP contribution >= 0.6 is 12.4 Å². The summed E-state index contributed by atoms with van der Waals surface area (Å²) in [6.07, 6.45) is 3.11. The molecule has 1 aliphatic carbocycles. The number of aliphatic hydroxyl groups excluding tert-OH is 1. The van der Waals surface area contributed by atoms with E-state index in [1.807, 2.05) is 52.0 Å². The molecule has 5 atom stereocenters. The van der Waals surface area contributed by atoms with Crippen LogP contribution in [0.3, 0.4) is 0 Å². The summed E-state index contributed by atoms with van der Waals surface area (Å²) in [5, 5.41) is 19.6. The average molecular weight is 638 g/mol. The van der Waals surface area contributed by atoms with Crippen LogP contribution in [-0.2, 0) is 25.5 Å². The molecular weight excluding hydrogens is 586 g/mol. The summed E-state index contributed by atoms with van der Waals surface area (Å²) in [7, 11) is 1.31. The quantitative estimate of drug-likeness (QED) is 0.249. The van der Waals surface area contributed by atoms with Crippen LogP contribution in [0.25, 0.3) is 0 Å². The van der Waals surface area contributed by atoms with Crippen molar-refractivity contribution in [1.29, 1.82) is 0 Å². The molecule has 1 unspecified atom stereocenters. The smallest absolute Gasteiger partial charge is 0.407 e. The number of benzene rings is 1. The summed E-state index contributed by atoms with van der Waals surface area (Å²) in [5.41, 5.74) is 6.98. The normalized spacial score (nSPS) is 21.5. The maximum Gasteiger partial charge on any atom is 0.407 e. The van der Waals surface area contributed by atoms with E-state index in [0.29, 0.717) is 19.4 Å². The van der Waals surface area contributed by atoms with Gasteiger partial charge in [0.1, 0.15) is 0 Å². The number of carbonyl (C=O) groups is 4. The second-order valence-corrected chi connectivity index (χ2v) is 13.6. The lowest BCUT2D eigenvalue weighted by Gasteiger charge is -2.39. The minimum Gasteiger partial charge on any atom is -0.453 e. The minimum atomic E-state index is -0.989. The van der Waals surface area contributed by atoms with E-state index in [-0.39, 0.29) is 61.1 Å². The summed E-state index contributed by atoms with van der Waals surface area (Å²) in [4.78, 5) is 51.9. The monoisotopic (exact) mass is 637 g/mol. The lowest BCUT2D eigenvalue weighted by Crippen LogP contribution is -2.52. The average Bonchev–Trinajstić information content (AvgIpc) is 2.94. The molecule has 1 saturated carbocycles. The highest BCUT2D eigenvalue weighted by Gasteiger charge is 2.40. The molecule has 44 heavy (non-hydrogen) atoms. The van der Waals surface area contributed by atoms with Crippen LogP contribution in [0.15, 0.2) is 24.3 Å². The van der Waals surface area contributed by atoms with E-state index in [1.165, 1.54) is 14.0 Å². The Morgan fingerprint density at radius 1 is 1.09 bits per heavy atom. The molecule has 6 N–H and O–H groups in total. The molecule has 0 spiro atoms. The molecule has 0 aromatic heterocycles. The number of rotatable bonds is 11. The molecule has 3 rings (SSSR count). The number of para-hydroxylation sites is 1. The van der Waals surface area contributed by atoms with Crippen molar-refractivity contribution in [1.82, 2.24) is 16.0 Å². The zero-order valence-corrected chi connectivity index (χ0v) is 27.8. The number of hydrogen-bond donors (Lipinski definition) is 5. The summed E-state index contributed by atoms with van der Waals surface area (Å²) >= 11 is 0. The number of hydrogen-bond acceptors (Lipinski definition) is 7. The van der Waals surface area contributed by atoms with Crippen molar-refractivity contribution < 1.29 is 29.0 Å². The first-order chi connectivity index (χ1) is 20.1. The van der Waals surface area contributed by atoms with Gasteiger partial charge in [-0.1, -0.05) is 52.3 Å². The van der Waals surface area contributed by atoms with Gasteiger partial charge in [0.2, 0.25) is 17.7 Å². The molecule has 1 heterocycles. The molecule has 248 valence electrons. The van der Waals surface area contributed by atoms with Gasteiger partial charge < -0.3 is 36.4 Å². The standard InChI is InChI=1S/C32H51N5O6.ClH/c1-20(38)35-23-12-9-11-22(15-23)32(4,5)29(41)34-18-27(39)25(33)16-31(2,3)17-28(40)37-19-24(36-30(42)43-6)14-21-10-7-8-13-26(21)37;/h7-8,10,13,22-25,27,39H,9,11-12,14-19,33H2,1-6H3,(H,34,41)(H,35,38)(H,36,42);1H/t22-,23+,24?,25-,27-;/m0./s1. The van der Waals surface area contributed by atoms with Gasteiger partial charge in [0.25, 0.3) is 0 Å². The summed E-state index contributed by atoms with van der Waals surface area (Å²) in [6, 6.07) is 6.77. The molecule has 11 nitrogen and oxygen atoms in total. The fourth-order valence-electron chi connectivity index (χ4n) is 6.53. The third-order valence-corrected chi connectivity index (χ3v) is 9.03. The Kier molecular flexibility index (Phi) is 13.5. The van der Waals surface area contributed by atoms with Crippen molar-refractivity contribution in [3.05, 3.63) is 29.8 Å². The maximum absolute atomic E-state index is 13.6. The molecule has 1 fully saturated rings. The Labute approximate surface area is 267 Å². The lowest BCUT2D eigenvalue weighted by molar-refractivity contribution is -0.133. The third-order valence-electron chi connectivity index (χ3n) is 9.03. The predicted octanol–water partition coefficient (Wildman–Crippen LogP) is 3.05. The van der Waals surface area contributed by atoms with Crippen LogP contribution in [-0.4, -0.2) is 73.4 Å². The highest BCUT2D eigenvalue weighted by atomic mass is 35.5. The number of alkyl carbamates (subject to hydrolysis) is 1. The number of amides is 4. The zero-order valence-electron chi connectivity index (χ0n) is 27.0. The van der Waals surface area contributed by atoms with Gasteiger partial charge in [-0.05, 0) is 55.1 Å². The number of nitrogens with two attached hydrogens (primary N) is 1. The molecule has 2 aliphatic rings. The zero-order chi connectivity index (χ0) is 31.9. The molecule has 0 radical (unpaired) electrons. The van der Waals surface area contributed by atoms with E-state index in [1.54, 1.807) is 4.90 Å². The number of carbonyl (C=O) groups excluding carboxylic acids is 4. The van der Waals surface area contributed by atoms with Crippen molar-refractivity contribution in [3.63, 3.8) is 0 Å². The number of halogens is 1. The van der Waals surface area contributed by atoms with Gasteiger partial charge in [0, 0.05) is 49.6 Å². The number of fused-ring (bicyclic) bond motifs is 1. The van der Waals surface area contributed by atoms with Gasteiger partial charge in [-0.25, -0.2) is 4.79 Å². The molecule has 12 heteroatoms. The first-order valence-corrected chi connectivity index (χ1v) is 15.3. The van der Waals surface area contributed by atoms with Gasteiger partial charge in [0.05, 0.1) is 19.3 Å². The number of ether oxygens (including phenoxy) is 1. The minimum absolute atomic E-state index is 0. The molecular formula is C32H52ClN5O6. The Hall–Kier alpha value is -2.89. The van der Waals surface area contributed by atoms with Gasteiger partial charge in [-0.15, -0.1) is 12.4 Å². The highest BCUT2D eigenvalue weighted by Crippen LogP contribution is 2.39. The van der Waals surface area contributed by atoms with Crippen LogP contribution in [0.5, 0.6) is 0 Å². The molecule has 0 bridgehead atoms. The van der Waals surface area contributed by atoms with Crippen LogP contribution in [0.1, 0.15) is 78.7 Å². The van der Waals surface area contributed by atoms with Gasteiger partial charge in [0.15, 0.2) is 0 Å². The van der Waals surface area contributed by atoms with Gasteiger partial charge in [-0.2, -0.15) is 0 Å². The number of nitrogens with one attached hydrogen (secondary N) is 3. The molecule has 0 saturated heterocycles. The predicted molar refractivity (Wildman–Crippen MR) is 172 cm³/mol. The van der Waals surface area contributed by atoms with Crippen molar-refractivity contribution in [2.45, 2.75) is 104 Å². The lowest BCUT2D eigenvalue weighted by atomic mass is 9.69. The summed E-state index contributed by atoms with van der Waals surface area (Å²) in [6.45, 7) is 9.54. The molecule has 1 aromatic rings. The van der Waals surface area contributed by atoms with Crippen molar-refractivity contribution >= 4 is 41.9 Å². The first kappa shape index (κ1) is 37.3. The van der Waals surface area contributed by atoms with Crippen molar-refractivity contribution in [2.24, 2.45) is 22.5 Å². The second-order valence-electron chi connectivity index (χ2n) is 13.6.